The number of nitrogens with one attached hydrogen (secondary N) is 3. The molecule has 4 N–H and O–H groups in total. The molecule has 63 heavy (non-hydrogen) atoms. The van der Waals surface area contributed by atoms with Crippen LogP contribution in [0, 0.1) is 22.7 Å². The number of rotatable bonds is 14. The van der Waals surface area contributed by atoms with Crippen molar-refractivity contribution in [1.82, 2.24) is 25.3 Å². The lowest BCUT2D eigenvalue weighted by atomic mass is 9.73. The number of methoxy groups -OCH3 is 4. The van der Waals surface area contributed by atoms with Gasteiger partial charge in [-0.2, -0.15) is 0 Å². The maximum atomic E-state index is 13.4. The van der Waals surface area contributed by atoms with Gasteiger partial charge in [-0.1, -0.05) is 56.0 Å². The van der Waals surface area contributed by atoms with Gasteiger partial charge in [-0.15, -0.1) is 0 Å². The molecule has 2 aliphatic heterocycles. The molecular formula is C47H57N7O9. The van der Waals surface area contributed by atoms with Gasteiger partial charge < -0.3 is 39.2 Å². The largest absolute Gasteiger partial charge is 0.493 e. The van der Waals surface area contributed by atoms with E-state index in [1.165, 1.54) is 34.2 Å². The van der Waals surface area contributed by atoms with Crippen molar-refractivity contribution in [1.29, 1.82) is 0 Å². The van der Waals surface area contributed by atoms with Gasteiger partial charge in [0.1, 0.15) is 0 Å². The number of aromatic nitrogens is 4. The van der Waals surface area contributed by atoms with E-state index in [9.17, 15) is 24.3 Å². The summed E-state index contributed by atoms with van der Waals surface area (Å²) in [5, 5.41) is 13.9. The molecule has 1 amide bonds. The molecule has 0 atom stereocenters. The number of hydrogen-bond acceptors (Lipinski definition) is 12. The van der Waals surface area contributed by atoms with Crippen molar-refractivity contribution in [3.8, 4) is 23.0 Å². The summed E-state index contributed by atoms with van der Waals surface area (Å²) in [6.07, 6.45) is 8.99. The fourth-order valence-electron chi connectivity index (χ4n) is 9.24. The SMILES string of the molecule is COc1cc2nc(N3CCC(CC4CC4)(C(=O)NCc4ccccc4)CC3)[nH]c(=O)c2cc1OC.COc1cc2nc(N3CCC(CC4CC4)(C(=O)O)CC3)[nH]c(=O)c2cc1OC. The fraction of sp³-hybridized carbons (Fsp3) is 0.489. The maximum Gasteiger partial charge on any atom is 0.309 e. The van der Waals surface area contributed by atoms with E-state index < -0.39 is 11.4 Å². The molecule has 4 heterocycles. The number of amides is 1. The third-order valence-corrected chi connectivity index (χ3v) is 13.4. The highest BCUT2D eigenvalue weighted by atomic mass is 16.5. The highest BCUT2D eigenvalue weighted by Crippen LogP contribution is 2.47. The number of hydrogen-bond donors (Lipinski definition) is 4. The summed E-state index contributed by atoms with van der Waals surface area (Å²) in [7, 11) is 6.15. The van der Waals surface area contributed by atoms with Crippen LogP contribution in [-0.2, 0) is 16.1 Å². The minimum absolute atomic E-state index is 0.143. The highest BCUT2D eigenvalue weighted by molar-refractivity contribution is 5.85. The van der Waals surface area contributed by atoms with Crippen molar-refractivity contribution < 1.29 is 33.6 Å². The first kappa shape index (κ1) is 43.3. The van der Waals surface area contributed by atoms with Crippen molar-refractivity contribution >= 4 is 45.6 Å². The van der Waals surface area contributed by atoms with Crippen LogP contribution < -0.4 is 45.2 Å². The minimum atomic E-state index is -0.698. The smallest absolute Gasteiger partial charge is 0.309 e. The molecule has 2 aliphatic carbocycles. The van der Waals surface area contributed by atoms with Crippen LogP contribution in [0.3, 0.4) is 0 Å². The normalized spacial score (nSPS) is 18.0. The summed E-state index contributed by atoms with van der Waals surface area (Å²) < 4.78 is 21.3. The molecule has 0 unspecified atom stereocenters. The molecule has 16 heteroatoms. The zero-order valence-electron chi connectivity index (χ0n) is 36.5. The lowest BCUT2D eigenvalue weighted by molar-refractivity contribution is -0.151. The van der Waals surface area contributed by atoms with E-state index in [4.69, 9.17) is 23.9 Å². The Labute approximate surface area is 365 Å². The van der Waals surface area contributed by atoms with Crippen LogP contribution in [-0.4, -0.2) is 91.5 Å². The van der Waals surface area contributed by atoms with Gasteiger partial charge in [0, 0.05) is 44.9 Å². The maximum absolute atomic E-state index is 13.4. The lowest BCUT2D eigenvalue weighted by Gasteiger charge is -2.41. The van der Waals surface area contributed by atoms with Gasteiger partial charge in [0.2, 0.25) is 17.8 Å². The minimum Gasteiger partial charge on any atom is -0.493 e. The van der Waals surface area contributed by atoms with E-state index >= 15 is 0 Å². The molecule has 2 aromatic heterocycles. The standard InChI is InChI=1S/C27H32N4O4.C20H25N3O5/c1-34-22-14-20-21(15-23(22)35-2)29-26(30-24(20)32)31-12-10-27(11-13-31,16-18-8-9-18)25(33)28-17-19-6-4-3-5-7-19;1-27-15-9-13-14(10-16(15)28-2)21-19(22-17(13)24)23-7-5-20(6-8-23,18(25)26)11-12-3-4-12/h3-7,14-15,18H,8-13,16-17H2,1-2H3,(H,28,33)(H,29,30,32);9-10,12H,3-8,11H2,1-2H3,(H,25,26)(H,21,22,24). The van der Waals surface area contributed by atoms with Crippen molar-refractivity contribution in [3.05, 3.63) is 80.9 Å². The van der Waals surface area contributed by atoms with E-state index in [-0.39, 0.29) is 22.4 Å². The molecule has 0 bridgehead atoms. The zero-order valence-corrected chi connectivity index (χ0v) is 36.5. The Bertz CT molecular complexity index is 2570. The van der Waals surface area contributed by atoms with E-state index in [1.807, 2.05) is 35.2 Å². The molecule has 16 nitrogen and oxygen atoms in total. The Morgan fingerprint density at radius 3 is 1.49 bits per heavy atom. The summed E-state index contributed by atoms with van der Waals surface area (Å²) in [4.78, 5) is 69.9. The van der Waals surface area contributed by atoms with Crippen molar-refractivity contribution in [3.63, 3.8) is 0 Å². The topological polar surface area (TPSA) is 201 Å². The van der Waals surface area contributed by atoms with Gasteiger partial charge in [-0.3, -0.25) is 29.1 Å². The van der Waals surface area contributed by atoms with Gasteiger partial charge >= 0.3 is 5.97 Å². The zero-order chi connectivity index (χ0) is 44.3. The number of piperidine rings is 2. The second-order valence-electron chi connectivity index (χ2n) is 17.5. The first-order valence-corrected chi connectivity index (χ1v) is 21.8. The number of benzene rings is 3. The molecule has 4 aliphatic rings. The first-order valence-electron chi connectivity index (χ1n) is 21.8. The Balaban J connectivity index is 0.000000177. The number of nitrogens with zero attached hydrogens (tertiary/aromatic N) is 4. The summed E-state index contributed by atoms with van der Waals surface area (Å²) in [6.45, 7) is 2.97. The number of carboxylic acid groups (broad SMARTS) is 1. The van der Waals surface area contributed by atoms with Gasteiger partial charge in [0.25, 0.3) is 11.1 Å². The third-order valence-electron chi connectivity index (χ3n) is 13.4. The molecule has 3 aromatic carbocycles. The number of carboxylic acids is 1. The van der Waals surface area contributed by atoms with Crippen molar-refractivity contribution in [2.24, 2.45) is 22.7 Å². The molecule has 0 radical (unpaired) electrons. The Hall–Kier alpha value is -6.32. The second-order valence-corrected chi connectivity index (χ2v) is 17.5. The van der Waals surface area contributed by atoms with Gasteiger partial charge in [0.15, 0.2) is 23.0 Å². The number of ether oxygens (including phenoxy) is 4. The average Bonchev–Trinajstić information content (AvgIpc) is 4.26. The lowest BCUT2D eigenvalue weighted by Crippen LogP contribution is -2.49. The monoisotopic (exact) mass is 863 g/mol. The summed E-state index contributed by atoms with van der Waals surface area (Å²) >= 11 is 0. The Morgan fingerprint density at radius 2 is 1.08 bits per heavy atom. The molecule has 5 aromatic rings. The highest BCUT2D eigenvalue weighted by Gasteiger charge is 2.46. The number of anilines is 2. The number of carbonyl (C=O) groups excluding carboxylic acids is 1. The Kier molecular flexibility index (Phi) is 12.5. The summed E-state index contributed by atoms with van der Waals surface area (Å²) in [6, 6.07) is 16.7. The quantitative estimate of drug-likeness (QED) is 0.101. The van der Waals surface area contributed by atoms with Crippen LogP contribution >= 0.6 is 0 Å². The van der Waals surface area contributed by atoms with Crippen LogP contribution in [0.15, 0.2) is 64.2 Å². The van der Waals surface area contributed by atoms with Gasteiger partial charge in [0.05, 0.1) is 61.1 Å². The van der Waals surface area contributed by atoms with Crippen LogP contribution in [0.25, 0.3) is 21.8 Å². The van der Waals surface area contributed by atoms with Crippen LogP contribution in [0.1, 0.15) is 69.8 Å². The summed E-state index contributed by atoms with van der Waals surface area (Å²) in [5.74, 6) is 3.64. The van der Waals surface area contributed by atoms with E-state index in [1.54, 1.807) is 31.4 Å². The molecule has 2 saturated carbocycles. The van der Waals surface area contributed by atoms with Crippen molar-refractivity contribution in [2.45, 2.75) is 70.8 Å². The van der Waals surface area contributed by atoms with Crippen LogP contribution in [0.2, 0.25) is 0 Å². The second kappa shape index (κ2) is 18.2. The molecule has 2 saturated heterocycles. The molecule has 0 spiro atoms. The molecule has 4 fully saturated rings. The van der Waals surface area contributed by atoms with Gasteiger partial charge in [-0.05, 0) is 68.1 Å². The van der Waals surface area contributed by atoms with E-state index in [0.717, 1.165) is 44.1 Å². The predicted octanol–water partition coefficient (Wildman–Crippen LogP) is 6.06. The third kappa shape index (κ3) is 9.40. The van der Waals surface area contributed by atoms with Gasteiger partial charge in [-0.25, -0.2) is 9.97 Å². The average molecular weight is 864 g/mol. The number of aromatic amines is 2. The number of H-pyrrole nitrogens is 2. The fourth-order valence-corrected chi connectivity index (χ4v) is 9.24. The molecule has 334 valence electrons. The molecule has 9 rings (SSSR count). The number of fused-ring (bicyclic) bond motifs is 2. The van der Waals surface area contributed by atoms with E-state index in [0.29, 0.717) is 114 Å². The van der Waals surface area contributed by atoms with E-state index in [2.05, 4.69) is 25.2 Å². The van der Waals surface area contributed by atoms with Crippen molar-refractivity contribution in [2.75, 3.05) is 64.4 Å². The number of aliphatic carboxylic acids is 1. The first-order chi connectivity index (χ1) is 30.5. The number of carbonyl (C=O) groups is 2. The Morgan fingerprint density at radius 1 is 0.667 bits per heavy atom. The predicted molar refractivity (Wildman–Crippen MR) is 239 cm³/mol. The van der Waals surface area contributed by atoms with Crippen LogP contribution in [0.4, 0.5) is 11.9 Å². The van der Waals surface area contributed by atoms with Crippen LogP contribution in [0.5, 0.6) is 23.0 Å². The summed E-state index contributed by atoms with van der Waals surface area (Å²) in [5.41, 5.74) is 0.674. The molecular weight excluding hydrogens is 807 g/mol.